The van der Waals surface area contributed by atoms with E-state index >= 15 is 0 Å². The highest BCUT2D eigenvalue weighted by atomic mass is 19.4. The number of amides is 1. The summed E-state index contributed by atoms with van der Waals surface area (Å²) in [4.78, 5) is 19.4. The van der Waals surface area contributed by atoms with Crippen LogP contribution in [0.2, 0.25) is 0 Å². The van der Waals surface area contributed by atoms with Crippen LogP contribution >= 0.6 is 0 Å². The van der Waals surface area contributed by atoms with E-state index in [0.717, 1.165) is 12.1 Å². The number of para-hydroxylation sites is 1. The number of nitrogens with one attached hydrogen (secondary N) is 1. The smallest absolute Gasteiger partial charge is 0.390 e. The molecule has 1 amide bonds. The van der Waals surface area contributed by atoms with Gasteiger partial charge in [-0.05, 0) is 12.1 Å². The second kappa shape index (κ2) is 5.88. The maximum absolute atomic E-state index is 12.8. The Morgan fingerprint density at radius 3 is 2.52 bits per heavy atom. The third-order valence-electron chi connectivity index (χ3n) is 2.62. The van der Waals surface area contributed by atoms with Gasteiger partial charge in [0.25, 0.3) is 5.91 Å². The molecule has 21 heavy (non-hydrogen) atoms. The number of anilines is 1. The maximum Gasteiger partial charge on any atom is 0.418 e. The largest absolute Gasteiger partial charge is 0.418 e. The van der Waals surface area contributed by atoms with Gasteiger partial charge in [-0.2, -0.15) is 13.2 Å². The van der Waals surface area contributed by atoms with Crippen molar-refractivity contribution >= 4 is 11.6 Å². The third-order valence-corrected chi connectivity index (χ3v) is 2.62. The molecule has 0 unspecified atom stereocenters. The first-order valence-electron chi connectivity index (χ1n) is 5.82. The van der Waals surface area contributed by atoms with Gasteiger partial charge in [0.05, 0.1) is 23.6 Å². The van der Waals surface area contributed by atoms with Gasteiger partial charge in [0.2, 0.25) is 0 Å². The molecule has 0 saturated carbocycles. The zero-order chi connectivity index (χ0) is 15.5. The number of benzene rings is 1. The molecular formula is C13H10F3N3O2. The number of carbonyl (C=O) groups excluding carboxylic acids is 1. The lowest BCUT2D eigenvalue weighted by molar-refractivity contribution is -0.136. The van der Waals surface area contributed by atoms with Crippen molar-refractivity contribution in [2.45, 2.75) is 12.8 Å². The van der Waals surface area contributed by atoms with E-state index in [-0.39, 0.29) is 17.1 Å². The van der Waals surface area contributed by atoms with Crippen molar-refractivity contribution < 1.29 is 23.1 Å². The minimum atomic E-state index is -4.59. The average molecular weight is 297 g/mol. The Hall–Kier alpha value is -2.48. The fourth-order valence-corrected chi connectivity index (χ4v) is 1.69. The van der Waals surface area contributed by atoms with Crippen molar-refractivity contribution in [1.82, 2.24) is 9.97 Å². The van der Waals surface area contributed by atoms with Crippen LogP contribution in [0.4, 0.5) is 18.9 Å². The van der Waals surface area contributed by atoms with Crippen molar-refractivity contribution in [1.29, 1.82) is 0 Å². The summed E-state index contributed by atoms with van der Waals surface area (Å²) in [5.74, 6) is -0.871. The Morgan fingerprint density at radius 2 is 1.86 bits per heavy atom. The van der Waals surface area contributed by atoms with Gasteiger partial charge < -0.3 is 10.4 Å². The summed E-state index contributed by atoms with van der Waals surface area (Å²) < 4.78 is 38.5. The fourth-order valence-electron chi connectivity index (χ4n) is 1.69. The Bertz CT molecular complexity index is 659. The lowest BCUT2D eigenvalue weighted by atomic mass is 10.1. The summed E-state index contributed by atoms with van der Waals surface area (Å²) in [5.41, 5.74) is -1.59. The topological polar surface area (TPSA) is 75.1 Å². The Morgan fingerprint density at radius 1 is 1.19 bits per heavy atom. The van der Waals surface area contributed by atoms with Crippen molar-refractivity contribution in [2.75, 3.05) is 5.32 Å². The zero-order valence-corrected chi connectivity index (χ0v) is 10.6. The van der Waals surface area contributed by atoms with Gasteiger partial charge in [-0.3, -0.25) is 9.78 Å². The first-order chi connectivity index (χ1) is 9.93. The number of halogens is 3. The summed E-state index contributed by atoms with van der Waals surface area (Å²) in [6, 6.07) is 4.59. The number of aliphatic hydroxyl groups excluding tert-OH is 1. The van der Waals surface area contributed by atoms with E-state index in [0.29, 0.717) is 0 Å². The molecule has 2 rings (SSSR count). The van der Waals surface area contributed by atoms with Crippen LogP contribution < -0.4 is 5.32 Å². The molecular weight excluding hydrogens is 287 g/mol. The molecule has 5 nitrogen and oxygen atoms in total. The van der Waals surface area contributed by atoms with E-state index in [9.17, 15) is 18.0 Å². The first kappa shape index (κ1) is 14.9. The molecule has 0 bridgehead atoms. The van der Waals surface area contributed by atoms with Crippen molar-refractivity contribution in [3.8, 4) is 0 Å². The fraction of sp³-hybridized carbons (Fsp3) is 0.154. The molecule has 110 valence electrons. The zero-order valence-electron chi connectivity index (χ0n) is 10.6. The standard InChI is InChI=1S/C13H10F3N3O2/c14-13(15,16)8-3-1-2-4-9(8)19-12(21)11-10(7-20)17-5-6-18-11/h1-6,20H,7H2,(H,19,21). The lowest BCUT2D eigenvalue weighted by Gasteiger charge is -2.13. The highest BCUT2D eigenvalue weighted by Crippen LogP contribution is 2.34. The van der Waals surface area contributed by atoms with Gasteiger partial charge in [0, 0.05) is 12.4 Å². The van der Waals surface area contributed by atoms with Gasteiger partial charge >= 0.3 is 6.18 Å². The highest BCUT2D eigenvalue weighted by Gasteiger charge is 2.33. The number of rotatable bonds is 3. The molecule has 0 saturated heterocycles. The van der Waals surface area contributed by atoms with Gasteiger partial charge in [-0.1, -0.05) is 12.1 Å². The average Bonchev–Trinajstić information content (AvgIpc) is 2.46. The SMILES string of the molecule is O=C(Nc1ccccc1C(F)(F)F)c1nccnc1CO. The van der Waals surface area contributed by atoms with Gasteiger partial charge in [0.1, 0.15) is 0 Å². The minimum Gasteiger partial charge on any atom is -0.390 e. The number of carbonyl (C=O) groups is 1. The summed E-state index contributed by atoms with van der Waals surface area (Å²) in [5, 5.41) is 11.2. The molecule has 0 spiro atoms. The van der Waals surface area contributed by atoms with Crippen molar-refractivity contribution in [3.63, 3.8) is 0 Å². The quantitative estimate of drug-likeness (QED) is 0.911. The van der Waals surface area contributed by atoms with Gasteiger partial charge in [0.15, 0.2) is 5.69 Å². The molecule has 0 aliphatic carbocycles. The predicted molar refractivity (Wildman–Crippen MR) is 67.4 cm³/mol. The predicted octanol–water partition coefficient (Wildman–Crippen LogP) is 2.24. The Kier molecular flexibility index (Phi) is 4.18. The van der Waals surface area contributed by atoms with E-state index in [2.05, 4.69) is 15.3 Å². The molecule has 0 radical (unpaired) electrons. The summed E-state index contributed by atoms with van der Waals surface area (Å²) >= 11 is 0. The molecule has 0 aliphatic rings. The van der Waals surface area contributed by atoms with Crippen LogP contribution in [0.25, 0.3) is 0 Å². The van der Waals surface area contributed by atoms with E-state index in [4.69, 9.17) is 5.11 Å². The first-order valence-corrected chi connectivity index (χ1v) is 5.82. The molecule has 2 N–H and O–H groups in total. The van der Waals surface area contributed by atoms with Crippen molar-refractivity contribution in [2.24, 2.45) is 0 Å². The number of nitrogens with zero attached hydrogens (tertiary/aromatic N) is 2. The molecule has 0 atom stereocenters. The van der Waals surface area contributed by atoms with E-state index < -0.39 is 24.3 Å². The van der Waals surface area contributed by atoms with Crippen LogP contribution in [0.5, 0.6) is 0 Å². The second-order valence-electron chi connectivity index (χ2n) is 4.01. The van der Waals surface area contributed by atoms with Gasteiger partial charge in [-0.25, -0.2) is 4.98 Å². The molecule has 0 aliphatic heterocycles. The normalized spacial score (nSPS) is 11.2. The molecule has 1 aromatic heterocycles. The van der Waals surface area contributed by atoms with Crippen LogP contribution in [-0.4, -0.2) is 21.0 Å². The lowest BCUT2D eigenvalue weighted by Crippen LogP contribution is -2.19. The Balaban J connectivity index is 2.33. The second-order valence-corrected chi connectivity index (χ2v) is 4.01. The van der Waals surface area contributed by atoms with Gasteiger partial charge in [-0.15, -0.1) is 0 Å². The molecule has 1 aromatic carbocycles. The van der Waals surface area contributed by atoms with Crippen molar-refractivity contribution in [3.05, 3.63) is 53.6 Å². The number of hydrogen-bond acceptors (Lipinski definition) is 4. The number of aromatic nitrogens is 2. The molecule has 8 heteroatoms. The van der Waals surface area contributed by atoms with Crippen LogP contribution in [0.1, 0.15) is 21.7 Å². The summed E-state index contributed by atoms with van der Waals surface area (Å²) in [6.45, 7) is -0.544. The summed E-state index contributed by atoms with van der Waals surface area (Å²) in [7, 11) is 0. The number of hydrogen-bond donors (Lipinski definition) is 2. The van der Waals surface area contributed by atoms with E-state index in [1.54, 1.807) is 0 Å². The molecule has 2 aromatic rings. The molecule has 1 heterocycles. The number of alkyl halides is 3. The van der Waals surface area contributed by atoms with Crippen LogP contribution in [0.15, 0.2) is 36.7 Å². The third kappa shape index (κ3) is 3.34. The Labute approximate surface area is 117 Å². The van der Waals surface area contributed by atoms with Crippen LogP contribution in [-0.2, 0) is 12.8 Å². The monoisotopic (exact) mass is 297 g/mol. The highest BCUT2D eigenvalue weighted by molar-refractivity contribution is 6.04. The van der Waals surface area contributed by atoms with E-state index in [1.807, 2.05) is 0 Å². The minimum absolute atomic E-state index is 0.0144. The maximum atomic E-state index is 12.8. The number of aliphatic hydroxyl groups is 1. The summed E-state index contributed by atoms with van der Waals surface area (Å²) in [6.07, 6.45) is -2.11. The van der Waals surface area contributed by atoms with E-state index in [1.165, 1.54) is 24.5 Å². The van der Waals surface area contributed by atoms with Crippen LogP contribution in [0.3, 0.4) is 0 Å². The van der Waals surface area contributed by atoms with Crippen LogP contribution in [0, 0.1) is 0 Å². The molecule has 0 fully saturated rings.